The lowest BCUT2D eigenvalue weighted by molar-refractivity contribution is -0.128. The van der Waals surface area contributed by atoms with Gasteiger partial charge in [0, 0.05) is 30.8 Å². The summed E-state index contributed by atoms with van der Waals surface area (Å²) in [6.45, 7) is 5.13. The zero-order valence-corrected chi connectivity index (χ0v) is 15.7. The summed E-state index contributed by atoms with van der Waals surface area (Å²) in [5.41, 5.74) is 2.05. The van der Waals surface area contributed by atoms with Crippen LogP contribution in [0.15, 0.2) is 48.5 Å². The molecule has 25 heavy (non-hydrogen) atoms. The molecule has 2 aromatic rings. The van der Waals surface area contributed by atoms with Crippen molar-refractivity contribution in [2.75, 3.05) is 25.0 Å². The first kappa shape index (κ1) is 19.1. The lowest BCUT2D eigenvalue weighted by atomic mass is 10.2. The van der Waals surface area contributed by atoms with Gasteiger partial charge < -0.3 is 15.0 Å². The minimum Gasteiger partial charge on any atom is -0.481 e. The summed E-state index contributed by atoms with van der Waals surface area (Å²) >= 11 is 6.02. The molecule has 0 bridgehead atoms. The third kappa shape index (κ3) is 5.68. The van der Waals surface area contributed by atoms with Gasteiger partial charge in [-0.15, -0.1) is 0 Å². The third-order valence-corrected chi connectivity index (χ3v) is 4.44. The van der Waals surface area contributed by atoms with Gasteiger partial charge in [0.05, 0.1) is 0 Å². The monoisotopic (exact) mass is 360 g/mol. The molecule has 0 aliphatic heterocycles. The topological polar surface area (TPSA) is 41.6 Å². The molecule has 0 aromatic heterocycles. The standard InChI is InChI=1S/C20H25ClN2O2/c1-4-19(25-17-10-11-18(21)15(2)14-17)20(24)22-12-13-23(3)16-8-6-5-7-9-16/h5-11,14,19H,4,12-13H2,1-3H3,(H,22,24)/t19-/m1/s1. The molecule has 1 N–H and O–H groups in total. The summed E-state index contributed by atoms with van der Waals surface area (Å²) in [4.78, 5) is 14.5. The number of amides is 1. The van der Waals surface area contributed by atoms with Crippen LogP contribution in [0, 0.1) is 6.92 Å². The van der Waals surface area contributed by atoms with E-state index in [0.29, 0.717) is 23.7 Å². The van der Waals surface area contributed by atoms with Gasteiger partial charge in [0.1, 0.15) is 5.75 Å². The number of carbonyl (C=O) groups is 1. The van der Waals surface area contributed by atoms with Crippen molar-refractivity contribution in [1.82, 2.24) is 5.32 Å². The Morgan fingerprint density at radius 3 is 2.60 bits per heavy atom. The molecule has 0 radical (unpaired) electrons. The van der Waals surface area contributed by atoms with Crippen LogP contribution in [0.25, 0.3) is 0 Å². The van der Waals surface area contributed by atoms with Gasteiger partial charge >= 0.3 is 0 Å². The van der Waals surface area contributed by atoms with Crippen LogP contribution in [0.3, 0.4) is 0 Å². The van der Waals surface area contributed by atoms with Crippen molar-refractivity contribution in [2.45, 2.75) is 26.4 Å². The zero-order chi connectivity index (χ0) is 18.2. The summed E-state index contributed by atoms with van der Waals surface area (Å²) in [5, 5.41) is 3.64. The van der Waals surface area contributed by atoms with Crippen molar-refractivity contribution in [3.63, 3.8) is 0 Å². The maximum atomic E-state index is 12.4. The molecule has 0 saturated heterocycles. The van der Waals surface area contributed by atoms with Crippen LogP contribution in [-0.2, 0) is 4.79 Å². The first-order valence-electron chi connectivity index (χ1n) is 8.48. The lowest BCUT2D eigenvalue weighted by Crippen LogP contribution is -2.41. The summed E-state index contributed by atoms with van der Waals surface area (Å²) in [7, 11) is 2.01. The van der Waals surface area contributed by atoms with E-state index in [0.717, 1.165) is 17.8 Å². The van der Waals surface area contributed by atoms with E-state index in [9.17, 15) is 4.79 Å². The molecule has 0 saturated carbocycles. The number of carbonyl (C=O) groups excluding carboxylic acids is 1. The molecule has 5 heteroatoms. The van der Waals surface area contributed by atoms with E-state index >= 15 is 0 Å². The quantitative estimate of drug-likeness (QED) is 0.771. The molecule has 4 nitrogen and oxygen atoms in total. The van der Waals surface area contributed by atoms with E-state index in [1.807, 2.05) is 57.3 Å². The Bertz CT molecular complexity index is 691. The maximum Gasteiger partial charge on any atom is 0.261 e. The highest BCUT2D eigenvalue weighted by Crippen LogP contribution is 2.22. The number of hydrogen-bond acceptors (Lipinski definition) is 3. The first-order valence-corrected chi connectivity index (χ1v) is 8.85. The Labute approximate surface area is 154 Å². The zero-order valence-electron chi connectivity index (χ0n) is 15.0. The highest BCUT2D eigenvalue weighted by molar-refractivity contribution is 6.31. The second kappa shape index (κ2) is 9.33. The van der Waals surface area contributed by atoms with Crippen molar-refractivity contribution < 1.29 is 9.53 Å². The molecule has 2 rings (SSSR count). The fraction of sp³-hybridized carbons (Fsp3) is 0.350. The fourth-order valence-electron chi connectivity index (χ4n) is 2.45. The highest BCUT2D eigenvalue weighted by atomic mass is 35.5. The van der Waals surface area contributed by atoms with Gasteiger partial charge in [0.15, 0.2) is 6.10 Å². The van der Waals surface area contributed by atoms with Crippen LogP contribution in [0.5, 0.6) is 5.75 Å². The number of ether oxygens (including phenoxy) is 1. The summed E-state index contributed by atoms with van der Waals surface area (Å²) in [6, 6.07) is 15.5. The number of nitrogens with one attached hydrogen (secondary N) is 1. The number of benzene rings is 2. The smallest absolute Gasteiger partial charge is 0.261 e. The van der Waals surface area contributed by atoms with Crippen LogP contribution in [0.2, 0.25) is 5.02 Å². The van der Waals surface area contributed by atoms with Gasteiger partial charge in [-0.3, -0.25) is 4.79 Å². The van der Waals surface area contributed by atoms with Crippen molar-refractivity contribution in [3.8, 4) is 5.75 Å². The van der Waals surface area contributed by atoms with Crippen molar-refractivity contribution >= 4 is 23.2 Å². The van der Waals surface area contributed by atoms with Crippen molar-refractivity contribution in [3.05, 3.63) is 59.1 Å². The second-order valence-corrected chi connectivity index (χ2v) is 6.38. The van der Waals surface area contributed by atoms with Gasteiger partial charge in [-0.2, -0.15) is 0 Å². The molecule has 0 aliphatic carbocycles. The third-order valence-electron chi connectivity index (χ3n) is 4.01. The average molecular weight is 361 g/mol. The van der Waals surface area contributed by atoms with E-state index in [1.54, 1.807) is 12.1 Å². The van der Waals surface area contributed by atoms with Crippen molar-refractivity contribution in [1.29, 1.82) is 0 Å². The Kier molecular flexibility index (Phi) is 7.14. The summed E-state index contributed by atoms with van der Waals surface area (Å²) < 4.78 is 5.82. The van der Waals surface area contributed by atoms with E-state index in [4.69, 9.17) is 16.3 Å². The summed E-state index contributed by atoms with van der Waals surface area (Å²) in [6.07, 6.45) is 0.0878. The van der Waals surface area contributed by atoms with Crippen molar-refractivity contribution in [2.24, 2.45) is 0 Å². The van der Waals surface area contributed by atoms with Gasteiger partial charge in [0.2, 0.25) is 0 Å². The molecule has 0 fully saturated rings. The predicted molar refractivity (Wildman–Crippen MR) is 104 cm³/mol. The molecule has 0 aliphatic rings. The molecule has 134 valence electrons. The number of rotatable bonds is 8. The molecule has 1 atom stereocenters. The molecule has 1 amide bonds. The Morgan fingerprint density at radius 1 is 1.24 bits per heavy atom. The number of anilines is 1. The van der Waals surface area contributed by atoms with Crippen LogP contribution < -0.4 is 15.0 Å². The predicted octanol–water partition coefficient (Wildman–Crippen LogP) is 4.06. The second-order valence-electron chi connectivity index (χ2n) is 5.97. The number of likely N-dealkylation sites (N-methyl/N-ethyl adjacent to an activating group) is 1. The maximum absolute atomic E-state index is 12.4. The minimum absolute atomic E-state index is 0.100. The first-order chi connectivity index (χ1) is 12.0. The van der Waals surface area contributed by atoms with E-state index in [1.165, 1.54) is 0 Å². The molecule has 0 heterocycles. The highest BCUT2D eigenvalue weighted by Gasteiger charge is 2.18. The number of para-hydroxylation sites is 1. The van der Waals surface area contributed by atoms with Gasteiger partial charge in [-0.05, 0) is 49.2 Å². The van der Waals surface area contributed by atoms with Crippen LogP contribution in [0.1, 0.15) is 18.9 Å². The van der Waals surface area contributed by atoms with Crippen LogP contribution in [0.4, 0.5) is 5.69 Å². The van der Waals surface area contributed by atoms with E-state index < -0.39 is 6.10 Å². The molecular weight excluding hydrogens is 336 g/mol. The Hall–Kier alpha value is -2.20. The Balaban J connectivity index is 1.84. The lowest BCUT2D eigenvalue weighted by Gasteiger charge is -2.21. The normalized spacial score (nSPS) is 11.7. The van der Waals surface area contributed by atoms with Gasteiger partial charge in [-0.25, -0.2) is 0 Å². The number of aryl methyl sites for hydroxylation is 1. The van der Waals surface area contributed by atoms with Gasteiger partial charge in [-0.1, -0.05) is 36.7 Å². The number of hydrogen-bond donors (Lipinski definition) is 1. The average Bonchev–Trinajstić information content (AvgIpc) is 2.63. The number of nitrogens with zero attached hydrogens (tertiary/aromatic N) is 1. The van der Waals surface area contributed by atoms with Gasteiger partial charge in [0.25, 0.3) is 5.91 Å². The molecule has 2 aromatic carbocycles. The molecular formula is C20H25ClN2O2. The molecule has 0 unspecified atom stereocenters. The largest absolute Gasteiger partial charge is 0.481 e. The van der Waals surface area contributed by atoms with E-state index in [-0.39, 0.29) is 5.91 Å². The van der Waals surface area contributed by atoms with Crippen LogP contribution in [-0.4, -0.2) is 32.1 Å². The van der Waals surface area contributed by atoms with E-state index in [2.05, 4.69) is 10.2 Å². The SMILES string of the molecule is CC[C@@H](Oc1ccc(Cl)c(C)c1)C(=O)NCCN(C)c1ccccc1. The summed E-state index contributed by atoms with van der Waals surface area (Å²) in [5.74, 6) is 0.557. The molecule has 0 spiro atoms. The number of halogens is 1. The fourth-order valence-corrected chi connectivity index (χ4v) is 2.57. The Morgan fingerprint density at radius 2 is 1.96 bits per heavy atom. The minimum atomic E-state index is -0.511. The van der Waals surface area contributed by atoms with Crippen LogP contribution >= 0.6 is 11.6 Å².